The third-order valence-corrected chi connectivity index (χ3v) is 3.26. The number of halogens is 6. The van der Waals surface area contributed by atoms with Crippen LogP contribution in [0.15, 0.2) is 30.3 Å². The molecule has 0 heterocycles. The molecular formula is C13H8Cl2F4N2. The average Bonchev–Trinajstić information content (AvgIpc) is 2.36. The van der Waals surface area contributed by atoms with Gasteiger partial charge in [0.15, 0.2) is 0 Å². The second-order valence-electron chi connectivity index (χ2n) is 4.17. The van der Waals surface area contributed by atoms with Gasteiger partial charge in [-0.1, -0.05) is 23.2 Å². The predicted molar refractivity (Wildman–Crippen MR) is 75.6 cm³/mol. The van der Waals surface area contributed by atoms with E-state index in [1.54, 1.807) is 0 Å². The van der Waals surface area contributed by atoms with Crippen molar-refractivity contribution in [2.75, 3.05) is 11.1 Å². The fraction of sp³-hybridized carbons (Fsp3) is 0.0769. The van der Waals surface area contributed by atoms with Crippen LogP contribution in [0.1, 0.15) is 5.56 Å². The van der Waals surface area contributed by atoms with Gasteiger partial charge in [-0.2, -0.15) is 13.2 Å². The number of hydrogen-bond donors (Lipinski definition) is 2. The summed E-state index contributed by atoms with van der Waals surface area (Å²) in [6.07, 6.45) is -4.49. The van der Waals surface area contributed by atoms with E-state index in [-0.39, 0.29) is 27.1 Å². The SMILES string of the molecule is Nc1cc(Cl)c(F)cc1Nc1ccc(C(F)(F)F)cc1Cl. The Labute approximate surface area is 127 Å². The molecule has 2 aromatic rings. The van der Waals surface area contributed by atoms with Crippen molar-refractivity contribution in [3.63, 3.8) is 0 Å². The summed E-state index contributed by atoms with van der Waals surface area (Å²) >= 11 is 11.3. The molecule has 0 aliphatic heterocycles. The maximum atomic E-state index is 13.4. The third-order valence-electron chi connectivity index (χ3n) is 2.66. The number of hydrogen-bond acceptors (Lipinski definition) is 2. The van der Waals surface area contributed by atoms with Gasteiger partial charge in [0.25, 0.3) is 0 Å². The normalized spacial score (nSPS) is 11.5. The Balaban J connectivity index is 2.35. The number of alkyl halides is 3. The molecule has 0 bridgehead atoms. The standard InChI is InChI=1S/C13H8Cl2F4N2/c14-7-4-10(20)12(5-9(7)16)21-11-2-1-6(3-8(11)15)13(17,18)19/h1-5,21H,20H2. The van der Waals surface area contributed by atoms with E-state index in [4.69, 9.17) is 28.9 Å². The Morgan fingerprint density at radius 1 is 0.952 bits per heavy atom. The highest BCUT2D eigenvalue weighted by molar-refractivity contribution is 6.33. The molecule has 0 aliphatic rings. The first kappa shape index (κ1) is 15.7. The van der Waals surface area contributed by atoms with Crippen LogP contribution in [0.4, 0.5) is 34.6 Å². The minimum absolute atomic E-state index is 0.136. The van der Waals surface area contributed by atoms with Gasteiger partial charge in [0.2, 0.25) is 0 Å². The second-order valence-corrected chi connectivity index (χ2v) is 4.99. The molecule has 0 fully saturated rings. The summed E-state index contributed by atoms with van der Waals surface area (Å²) in [5.41, 5.74) is 5.22. The Morgan fingerprint density at radius 3 is 2.19 bits per heavy atom. The van der Waals surface area contributed by atoms with Crippen molar-refractivity contribution in [1.82, 2.24) is 0 Å². The molecule has 0 amide bonds. The highest BCUT2D eigenvalue weighted by atomic mass is 35.5. The first-order chi connectivity index (χ1) is 9.68. The summed E-state index contributed by atoms with van der Waals surface area (Å²) in [4.78, 5) is 0. The minimum Gasteiger partial charge on any atom is -0.397 e. The summed E-state index contributed by atoms with van der Waals surface area (Å²) in [7, 11) is 0. The van der Waals surface area contributed by atoms with Crippen molar-refractivity contribution in [2.45, 2.75) is 6.18 Å². The zero-order valence-electron chi connectivity index (χ0n) is 10.2. The molecule has 8 heteroatoms. The Hall–Kier alpha value is -1.66. The average molecular weight is 339 g/mol. The Bertz CT molecular complexity index is 687. The van der Waals surface area contributed by atoms with E-state index in [0.29, 0.717) is 0 Å². The van der Waals surface area contributed by atoms with Crippen LogP contribution in [0.3, 0.4) is 0 Å². The second kappa shape index (κ2) is 5.61. The topological polar surface area (TPSA) is 38.0 Å². The van der Waals surface area contributed by atoms with Crippen LogP contribution >= 0.6 is 23.2 Å². The zero-order chi connectivity index (χ0) is 15.8. The molecule has 0 radical (unpaired) electrons. The summed E-state index contributed by atoms with van der Waals surface area (Å²) < 4.78 is 50.9. The molecule has 0 aromatic heterocycles. The maximum absolute atomic E-state index is 13.4. The number of nitrogens with two attached hydrogens (primary N) is 1. The molecule has 0 saturated heterocycles. The number of benzene rings is 2. The van der Waals surface area contributed by atoms with Crippen molar-refractivity contribution in [3.05, 3.63) is 51.8 Å². The summed E-state index contributed by atoms with van der Waals surface area (Å²) in [6, 6.07) is 4.99. The van der Waals surface area contributed by atoms with Gasteiger partial charge in [-0.3, -0.25) is 0 Å². The van der Waals surface area contributed by atoms with Crippen LogP contribution in [-0.4, -0.2) is 0 Å². The molecule has 0 unspecified atom stereocenters. The van der Waals surface area contributed by atoms with Gasteiger partial charge in [-0.25, -0.2) is 4.39 Å². The van der Waals surface area contributed by atoms with Gasteiger partial charge in [0.1, 0.15) is 5.82 Å². The van der Waals surface area contributed by atoms with Gasteiger partial charge in [0.05, 0.1) is 32.7 Å². The van der Waals surface area contributed by atoms with Crippen LogP contribution in [0.25, 0.3) is 0 Å². The lowest BCUT2D eigenvalue weighted by Gasteiger charge is -2.13. The Kier molecular flexibility index (Phi) is 4.20. The maximum Gasteiger partial charge on any atom is 0.416 e. The molecule has 0 atom stereocenters. The van der Waals surface area contributed by atoms with Crippen molar-refractivity contribution in [3.8, 4) is 0 Å². The molecule has 112 valence electrons. The monoisotopic (exact) mass is 338 g/mol. The molecule has 21 heavy (non-hydrogen) atoms. The van der Waals surface area contributed by atoms with Gasteiger partial charge in [-0.05, 0) is 24.3 Å². The van der Waals surface area contributed by atoms with Crippen LogP contribution in [0.2, 0.25) is 10.0 Å². The number of rotatable bonds is 2. The van der Waals surface area contributed by atoms with Gasteiger partial charge >= 0.3 is 6.18 Å². The predicted octanol–water partition coefficient (Wildman–Crippen LogP) is 5.48. The van der Waals surface area contributed by atoms with Gasteiger partial charge in [-0.15, -0.1) is 0 Å². The van der Waals surface area contributed by atoms with Crippen LogP contribution in [0.5, 0.6) is 0 Å². The van der Waals surface area contributed by atoms with Crippen molar-refractivity contribution in [1.29, 1.82) is 0 Å². The number of anilines is 3. The van der Waals surface area contributed by atoms with E-state index in [9.17, 15) is 17.6 Å². The van der Waals surface area contributed by atoms with E-state index in [2.05, 4.69) is 5.32 Å². The van der Waals surface area contributed by atoms with E-state index in [1.807, 2.05) is 0 Å². The lowest BCUT2D eigenvalue weighted by atomic mass is 10.2. The molecule has 0 aliphatic carbocycles. The van der Waals surface area contributed by atoms with Crippen LogP contribution < -0.4 is 11.1 Å². The third kappa shape index (κ3) is 3.51. The molecule has 2 nitrogen and oxygen atoms in total. The molecule has 3 N–H and O–H groups in total. The Morgan fingerprint density at radius 2 is 1.62 bits per heavy atom. The lowest BCUT2D eigenvalue weighted by Crippen LogP contribution is -2.05. The quantitative estimate of drug-likeness (QED) is 0.562. The van der Waals surface area contributed by atoms with E-state index >= 15 is 0 Å². The molecule has 2 aromatic carbocycles. The fourth-order valence-electron chi connectivity index (χ4n) is 1.61. The van der Waals surface area contributed by atoms with E-state index in [0.717, 1.165) is 24.3 Å². The smallest absolute Gasteiger partial charge is 0.397 e. The number of nitrogens with one attached hydrogen (secondary N) is 1. The van der Waals surface area contributed by atoms with Crippen molar-refractivity contribution >= 4 is 40.3 Å². The van der Waals surface area contributed by atoms with E-state index in [1.165, 1.54) is 6.07 Å². The van der Waals surface area contributed by atoms with Crippen molar-refractivity contribution in [2.24, 2.45) is 0 Å². The summed E-state index contributed by atoms with van der Waals surface area (Å²) in [5.74, 6) is -0.712. The molecular weight excluding hydrogens is 331 g/mol. The molecule has 0 saturated carbocycles. The van der Waals surface area contributed by atoms with E-state index < -0.39 is 17.6 Å². The lowest BCUT2D eigenvalue weighted by molar-refractivity contribution is -0.137. The molecule has 2 rings (SSSR count). The largest absolute Gasteiger partial charge is 0.416 e. The number of nitrogen functional groups attached to an aromatic ring is 1. The summed E-state index contributed by atoms with van der Waals surface area (Å²) in [6.45, 7) is 0. The molecule has 0 spiro atoms. The van der Waals surface area contributed by atoms with Gasteiger partial charge in [0, 0.05) is 6.07 Å². The van der Waals surface area contributed by atoms with Gasteiger partial charge < -0.3 is 11.1 Å². The first-order valence-corrected chi connectivity index (χ1v) is 6.32. The van der Waals surface area contributed by atoms with Crippen molar-refractivity contribution < 1.29 is 17.6 Å². The highest BCUT2D eigenvalue weighted by Crippen LogP contribution is 2.36. The van der Waals surface area contributed by atoms with Crippen LogP contribution in [0, 0.1) is 5.82 Å². The minimum atomic E-state index is -4.49. The summed E-state index contributed by atoms with van der Waals surface area (Å²) in [5, 5.41) is 2.34. The van der Waals surface area contributed by atoms with Crippen LogP contribution in [-0.2, 0) is 6.18 Å². The fourth-order valence-corrected chi connectivity index (χ4v) is 2.01. The zero-order valence-corrected chi connectivity index (χ0v) is 11.7. The first-order valence-electron chi connectivity index (χ1n) is 5.57. The highest BCUT2D eigenvalue weighted by Gasteiger charge is 2.30.